The van der Waals surface area contributed by atoms with Crippen LogP contribution in [-0.4, -0.2) is 12.9 Å². The van der Waals surface area contributed by atoms with E-state index >= 15 is 0 Å². The minimum atomic E-state index is 0.0112. The highest BCUT2D eigenvalue weighted by molar-refractivity contribution is 6.08. The van der Waals surface area contributed by atoms with Gasteiger partial charge in [-0.1, -0.05) is 35.9 Å². The molecule has 0 aliphatic heterocycles. The minimum Gasteiger partial charge on any atom is -0.496 e. The fourth-order valence-corrected chi connectivity index (χ4v) is 2.06. The normalized spacial score (nSPS) is 10.8. The predicted molar refractivity (Wildman–Crippen MR) is 82.3 cm³/mol. The van der Waals surface area contributed by atoms with E-state index in [1.807, 2.05) is 56.3 Å². The maximum absolute atomic E-state index is 12.3. The summed E-state index contributed by atoms with van der Waals surface area (Å²) in [5.74, 6) is 0.773. The summed E-state index contributed by atoms with van der Waals surface area (Å²) in [5.41, 5.74) is 3.72. The van der Waals surface area contributed by atoms with E-state index in [0.717, 1.165) is 28.0 Å². The fraction of sp³-hybridized carbons (Fsp3) is 0.167. The first-order chi connectivity index (χ1) is 9.61. The van der Waals surface area contributed by atoms with Crippen molar-refractivity contribution < 1.29 is 9.53 Å². The summed E-state index contributed by atoms with van der Waals surface area (Å²) in [6.07, 6.45) is 3.39. The van der Waals surface area contributed by atoms with E-state index in [9.17, 15) is 4.79 Å². The minimum absolute atomic E-state index is 0.0112. The molecule has 2 rings (SSSR count). The highest BCUT2D eigenvalue weighted by atomic mass is 16.5. The van der Waals surface area contributed by atoms with Crippen LogP contribution in [0.3, 0.4) is 0 Å². The van der Waals surface area contributed by atoms with E-state index in [1.165, 1.54) is 0 Å². The average molecular weight is 266 g/mol. The van der Waals surface area contributed by atoms with Crippen LogP contribution >= 0.6 is 0 Å². The Morgan fingerprint density at radius 2 is 1.85 bits per heavy atom. The third-order valence-electron chi connectivity index (χ3n) is 3.21. The van der Waals surface area contributed by atoms with Crippen molar-refractivity contribution in [2.75, 3.05) is 7.11 Å². The largest absolute Gasteiger partial charge is 0.496 e. The van der Waals surface area contributed by atoms with Crippen LogP contribution in [0.2, 0.25) is 0 Å². The number of hydrogen-bond acceptors (Lipinski definition) is 2. The second kappa shape index (κ2) is 6.20. The van der Waals surface area contributed by atoms with Crippen molar-refractivity contribution in [1.29, 1.82) is 0 Å². The zero-order valence-electron chi connectivity index (χ0n) is 12.0. The van der Waals surface area contributed by atoms with Crippen LogP contribution in [-0.2, 0) is 0 Å². The SMILES string of the molecule is COc1ccccc1C=CC(=O)c1cc(C)ccc1C. The van der Waals surface area contributed by atoms with Crippen LogP contribution in [0.5, 0.6) is 5.75 Å². The van der Waals surface area contributed by atoms with Gasteiger partial charge in [0.15, 0.2) is 5.78 Å². The van der Waals surface area contributed by atoms with Gasteiger partial charge in [-0.2, -0.15) is 0 Å². The lowest BCUT2D eigenvalue weighted by Gasteiger charge is -2.05. The number of aryl methyl sites for hydroxylation is 2. The molecule has 0 amide bonds. The van der Waals surface area contributed by atoms with E-state index in [-0.39, 0.29) is 5.78 Å². The van der Waals surface area contributed by atoms with Gasteiger partial charge in [0, 0.05) is 11.1 Å². The van der Waals surface area contributed by atoms with E-state index in [1.54, 1.807) is 19.3 Å². The van der Waals surface area contributed by atoms with Crippen LogP contribution in [0, 0.1) is 13.8 Å². The Labute approximate surface area is 119 Å². The molecule has 2 heteroatoms. The maximum Gasteiger partial charge on any atom is 0.186 e. The second-order valence-corrected chi connectivity index (χ2v) is 4.76. The highest BCUT2D eigenvalue weighted by Gasteiger charge is 2.06. The van der Waals surface area contributed by atoms with Gasteiger partial charge in [-0.05, 0) is 43.7 Å². The molecule has 2 aromatic rings. The molecule has 0 aliphatic rings. The lowest BCUT2D eigenvalue weighted by atomic mass is 10.0. The Morgan fingerprint density at radius 3 is 2.60 bits per heavy atom. The molecule has 2 aromatic carbocycles. The number of benzene rings is 2. The van der Waals surface area contributed by atoms with Gasteiger partial charge in [0.25, 0.3) is 0 Å². The summed E-state index contributed by atoms with van der Waals surface area (Å²) in [4.78, 5) is 12.3. The molecule has 0 N–H and O–H groups in total. The Balaban J connectivity index is 2.27. The molecule has 0 fully saturated rings. The molecule has 0 bridgehead atoms. The lowest BCUT2D eigenvalue weighted by Crippen LogP contribution is -1.98. The molecule has 2 nitrogen and oxygen atoms in total. The van der Waals surface area contributed by atoms with Crippen molar-refractivity contribution in [2.45, 2.75) is 13.8 Å². The smallest absolute Gasteiger partial charge is 0.186 e. The number of carbonyl (C=O) groups excluding carboxylic acids is 1. The zero-order valence-corrected chi connectivity index (χ0v) is 12.0. The number of hydrogen-bond donors (Lipinski definition) is 0. The Bertz CT molecular complexity index is 654. The maximum atomic E-state index is 12.3. The number of ether oxygens (including phenoxy) is 1. The van der Waals surface area contributed by atoms with Gasteiger partial charge in [0.1, 0.15) is 5.75 Å². The molecule has 0 atom stereocenters. The molecule has 0 aliphatic carbocycles. The van der Waals surface area contributed by atoms with Gasteiger partial charge >= 0.3 is 0 Å². The predicted octanol–water partition coefficient (Wildman–Crippen LogP) is 4.21. The lowest BCUT2D eigenvalue weighted by molar-refractivity contribution is 0.104. The van der Waals surface area contributed by atoms with Crippen molar-refractivity contribution in [2.24, 2.45) is 0 Å². The van der Waals surface area contributed by atoms with Crippen molar-refractivity contribution in [3.63, 3.8) is 0 Å². The quantitative estimate of drug-likeness (QED) is 0.612. The van der Waals surface area contributed by atoms with Gasteiger partial charge in [0.2, 0.25) is 0 Å². The van der Waals surface area contributed by atoms with E-state index in [2.05, 4.69) is 0 Å². The Hall–Kier alpha value is -2.35. The van der Waals surface area contributed by atoms with Crippen LogP contribution < -0.4 is 4.74 Å². The van der Waals surface area contributed by atoms with Gasteiger partial charge < -0.3 is 4.74 Å². The summed E-state index contributed by atoms with van der Waals surface area (Å²) in [6.45, 7) is 3.93. The second-order valence-electron chi connectivity index (χ2n) is 4.76. The summed E-state index contributed by atoms with van der Waals surface area (Å²) in [5, 5.41) is 0. The Kier molecular flexibility index (Phi) is 4.36. The number of para-hydroxylation sites is 1. The van der Waals surface area contributed by atoms with Gasteiger partial charge in [-0.3, -0.25) is 4.79 Å². The average Bonchev–Trinajstić information content (AvgIpc) is 2.47. The summed E-state index contributed by atoms with van der Waals surface area (Å²) >= 11 is 0. The van der Waals surface area contributed by atoms with Gasteiger partial charge in [0.05, 0.1) is 7.11 Å². The first kappa shape index (κ1) is 14.1. The van der Waals surface area contributed by atoms with E-state index < -0.39 is 0 Å². The van der Waals surface area contributed by atoms with E-state index in [0.29, 0.717) is 0 Å². The fourth-order valence-electron chi connectivity index (χ4n) is 2.06. The summed E-state index contributed by atoms with van der Waals surface area (Å²) in [7, 11) is 1.62. The van der Waals surface area contributed by atoms with Crippen LogP contribution in [0.1, 0.15) is 27.0 Å². The molecule has 20 heavy (non-hydrogen) atoms. The number of allylic oxidation sites excluding steroid dienone is 1. The van der Waals surface area contributed by atoms with Gasteiger partial charge in [-0.25, -0.2) is 0 Å². The Morgan fingerprint density at radius 1 is 1.10 bits per heavy atom. The number of methoxy groups -OCH3 is 1. The molecule has 0 aromatic heterocycles. The van der Waals surface area contributed by atoms with Crippen LogP contribution in [0.4, 0.5) is 0 Å². The van der Waals surface area contributed by atoms with Crippen LogP contribution in [0.15, 0.2) is 48.5 Å². The highest BCUT2D eigenvalue weighted by Crippen LogP contribution is 2.19. The molecular formula is C18H18O2. The third kappa shape index (κ3) is 3.15. The topological polar surface area (TPSA) is 26.3 Å². The third-order valence-corrected chi connectivity index (χ3v) is 3.21. The molecule has 102 valence electrons. The van der Waals surface area contributed by atoms with Crippen molar-refractivity contribution in [1.82, 2.24) is 0 Å². The first-order valence-electron chi connectivity index (χ1n) is 6.54. The number of carbonyl (C=O) groups is 1. The molecule has 0 heterocycles. The summed E-state index contributed by atoms with van der Waals surface area (Å²) in [6, 6.07) is 13.5. The number of ketones is 1. The molecular weight excluding hydrogens is 248 g/mol. The van der Waals surface area contributed by atoms with Gasteiger partial charge in [-0.15, -0.1) is 0 Å². The molecule has 0 spiro atoms. The molecule has 0 radical (unpaired) electrons. The summed E-state index contributed by atoms with van der Waals surface area (Å²) < 4.78 is 5.26. The van der Waals surface area contributed by atoms with Crippen LogP contribution in [0.25, 0.3) is 6.08 Å². The van der Waals surface area contributed by atoms with Crippen molar-refractivity contribution in [3.8, 4) is 5.75 Å². The molecule has 0 saturated carbocycles. The van der Waals surface area contributed by atoms with Crippen molar-refractivity contribution in [3.05, 3.63) is 70.8 Å². The standard InChI is InChI=1S/C18H18O2/c1-13-8-9-14(2)16(12-13)17(19)11-10-15-6-4-5-7-18(15)20-3/h4-12H,1-3H3. The van der Waals surface area contributed by atoms with E-state index in [4.69, 9.17) is 4.74 Å². The van der Waals surface area contributed by atoms with Crippen molar-refractivity contribution >= 4 is 11.9 Å². The number of rotatable bonds is 4. The monoisotopic (exact) mass is 266 g/mol. The molecule has 0 saturated heterocycles. The molecule has 0 unspecified atom stereocenters. The first-order valence-corrected chi connectivity index (χ1v) is 6.54. The zero-order chi connectivity index (χ0) is 14.5.